The highest BCUT2D eigenvalue weighted by molar-refractivity contribution is 6.04. The van der Waals surface area contributed by atoms with E-state index in [0.29, 0.717) is 17.3 Å². The van der Waals surface area contributed by atoms with Gasteiger partial charge in [-0.3, -0.25) is 4.79 Å². The minimum Gasteiger partial charge on any atom is -0.494 e. The van der Waals surface area contributed by atoms with Gasteiger partial charge in [0.25, 0.3) is 5.91 Å². The average Bonchev–Trinajstić information content (AvgIpc) is 3.74. The van der Waals surface area contributed by atoms with Crippen LogP contribution in [0, 0.1) is 5.92 Å². The van der Waals surface area contributed by atoms with Crippen LogP contribution in [-0.2, 0) is 0 Å². The quantitative estimate of drug-likeness (QED) is 0.299. The summed E-state index contributed by atoms with van der Waals surface area (Å²) in [6.45, 7) is 0.771. The van der Waals surface area contributed by atoms with Crippen molar-refractivity contribution in [3.63, 3.8) is 0 Å². The van der Waals surface area contributed by atoms with Crippen LogP contribution in [-0.4, -0.2) is 17.5 Å². The van der Waals surface area contributed by atoms with E-state index in [2.05, 4.69) is 27.8 Å². The van der Waals surface area contributed by atoms with Crippen molar-refractivity contribution >= 4 is 23.1 Å². The number of hydrogen-bond acceptors (Lipinski definition) is 4. The molecule has 2 N–H and O–H groups in total. The molecule has 1 heterocycles. The maximum absolute atomic E-state index is 12.8. The summed E-state index contributed by atoms with van der Waals surface area (Å²) in [6, 6.07) is 19.6. The molecule has 0 spiro atoms. The summed E-state index contributed by atoms with van der Waals surface area (Å²) in [6.07, 6.45) is 13.4. The van der Waals surface area contributed by atoms with Gasteiger partial charge in [-0.2, -0.15) is 0 Å². The Balaban J connectivity index is 1.20. The smallest absolute Gasteiger partial charge is 0.256 e. The summed E-state index contributed by atoms with van der Waals surface area (Å²) in [5.74, 6) is 2.72. The minimum absolute atomic E-state index is 0.138. The predicted octanol–water partition coefficient (Wildman–Crippen LogP) is 7.69. The monoisotopic (exact) mass is 469 g/mol. The maximum Gasteiger partial charge on any atom is 0.256 e. The third-order valence-corrected chi connectivity index (χ3v) is 7.10. The van der Waals surface area contributed by atoms with Crippen LogP contribution in [0.5, 0.6) is 5.75 Å². The predicted molar refractivity (Wildman–Crippen MR) is 142 cm³/mol. The standard InChI is InChI=1S/C30H35N3O2/c34-30(33-29-13-4-5-18-31-29)24-16-17-28(27(20-24)23-14-15-23)32-25-11-6-12-26(21-25)35-19-7-10-22-8-2-1-3-9-22/h4-6,11-13,16-18,20-23,32H,1-3,7-10,14-15,19H2,(H,31,33,34). The number of ether oxygens (including phenoxy) is 1. The number of aromatic nitrogens is 1. The fourth-order valence-corrected chi connectivity index (χ4v) is 5.03. The van der Waals surface area contributed by atoms with Crippen molar-refractivity contribution in [2.24, 2.45) is 5.92 Å². The summed E-state index contributed by atoms with van der Waals surface area (Å²) in [5, 5.41) is 6.45. The molecule has 5 rings (SSSR count). The van der Waals surface area contributed by atoms with Crippen LogP contribution in [0.2, 0.25) is 0 Å². The van der Waals surface area contributed by atoms with E-state index >= 15 is 0 Å². The molecule has 1 aromatic heterocycles. The first-order valence-corrected chi connectivity index (χ1v) is 13.1. The van der Waals surface area contributed by atoms with E-state index in [1.54, 1.807) is 12.3 Å². The van der Waals surface area contributed by atoms with E-state index in [-0.39, 0.29) is 5.91 Å². The molecule has 5 nitrogen and oxygen atoms in total. The molecular formula is C30H35N3O2. The van der Waals surface area contributed by atoms with Crippen molar-refractivity contribution in [1.82, 2.24) is 4.98 Å². The lowest BCUT2D eigenvalue weighted by Gasteiger charge is -2.21. The number of carbonyl (C=O) groups is 1. The van der Waals surface area contributed by atoms with Crippen LogP contribution in [0.25, 0.3) is 0 Å². The normalized spacial score (nSPS) is 16.0. The molecule has 2 aliphatic carbocycles. The number of benzene rings is 2. The van der Waals surface area contributed by atoms with Crippen LogP contribution in [0.3, 0.4) is 0 Å². The van der Waals surface area contributed by atoms with Gasteiger partial charge in [-0.1, -0.05) is 44.2 Å². The van der Waals surface area contributed by atoms with E-state index in [0.717, 1.165) is 48.9 Å². The summed E-state index contributed by atoms with van der Waals surface area (Å²) in [7, 11) is 0. The number of hydrogen-bond donors (Lipinski definition) is 2. The molecule has 2 aromatic carbocycles. The molecule has 2 aliphatic rings. The van der Waals surface area contributed by atoms with Gasteiger partial charge < -0.3 is 15.4 Å². The Hall–Kier alpha value is -3.34. The number of carbonyl (C=O) groups excluding carboxylic acids is 1. The van der Waals surface area contributed by atoms with Gasteiger partial charge in [0.05, 0.1) is 6.61 Å². The van der Waals surface area contributed by atoms with Crippen molar-refractivity contribution in [3.8, 4) is 5.75 Å². The van der Waals surface area contributed by atoms with Crippen LogP contribution < -0.4 is 15.4 Å². The van der Waals surface area contributed by atoms with Gasteiger partial charge in [0.15, 0.2) is 0 Å². The van der Waals surface area contributed by atoms with Crippen LogP contribution in [0.1, 0.15) is 79.6 Å². The molecule has 182 valence electrons. The lowest BCUT2D eigenvalue weighted by Crippen LogP contribution is -2.13. The summed E-state index contributed by atoms with van der Waals surface area (Å²) >= 11 is 0. The van der Waals surface area contributed by atoms with E-state index in [9.17, 15) is 4.79 Å². The Morgan fingerprint density at radius 2 is 1.83 bits per heavy atom. The Morgan fingerprint density at radius 3 is 2.63 bits per heavy atom. The topological polar surface area (TPSA) is 63.2 Å². The number of amides is 1. The van der Waals surface area contributed by atoms with Crippen molar-refractivity contribution < 1.29 is 9.53 Å². The zero-order valence-corrected chi connectivity index (χ0v) is 20.3. The van der Waals surface area contributed by atoms with Gasteiger partial charge in [0.1, 0.15) is 11.6 Å². The largest absolute Gasteiger partial charge is 0.494 e. The van der Waals surface area contributed by atoms with Crippen LogP contribution >= 0.6 is 0 Å². The molecule has 0 radical (unpaired) electrons. The fraction of sp³-hybridized carbons (Fsp3) is 0.400. The molecule has 1 amide bonds. The molecule has 0 unspecified atom stereocenters. The van der Waals surface area contributed by atoms with Crippen molar-refractivity contribution in [2.75, 3.05) is 17.2 Å². The SMILES string of the molecule is O=C(Nc1ccccn1)c1ccc(Nc2cccc(OCCCC3CCCCC3)c2)c(C2CC2)c1. The van der Waals surface area contributed by atoms with Gasteiger partial charge in [0.2, 0.25) is 0 Å². The molecule has 2 saturated carbocycles. The number of rotatable bonds is 10. The van der Waals surface area contributed by atoms with E-state index < -0.39 is 0 Å². The number of nitrogens with one attached hydrogen (secondary N) is 2. The third kappa shape index (κ3) is 6.62. The molecule has 0 aliphatic heterocycles. The Morgan fingerprint density at radius 1 is 0.943 bits per heavy atom. The molecule has 0 atom stereocenters. The Kier molecular flexibility index (Phi) is 7.62. The number of nitrogens with zero attached hydrogens (tertiary/aromatic N) is 1. The summed E-state index contributed by atoms with van der Waals surface area (Å²) in [4.78, 5) is 17.0. The molecule has 5 heteroatoms. The molecular weight excluding hydrogens is 434 g/mol. The molecule has 35 heavy (non-hydrogen) atoms. The van der Waals surface area contributed by atoms with E-state index in [4.69, 9.17) is 4.74 Å². The minimum atomic E-state index is -0.138. The highest BCUT2D eigenvalue weighted by Gasteiger charge is 2.27. The van der Waals surface area contributed by atoms with Crippen molar-refractivity contribution in [3.05, 3.63) is 78.0 Å². The molecule has 2 fully saturated rings. The summed E-state index contributed by atoms with van der Waals surface area (Å²) in [5.41, 5.74) is 3.90. The highest BCUT2D eigenvalue weighted by Crippen LogP contribution is 2.44. The molecule has 0 saturated heterocycles. The van der Waals surface area contributed by atoms with Gasteiger partial charge in [-0.15, -0.1) is 0 Å². The number of pyridine rings is 1. The first kappa shape index (κ1) is 23.4. The second kappa shape index (κ2) is 11.4. The highest BCUT2D eigenvalue weighted by atomic mass is 16.5. The first-order valence-electron chi connectivity index (χ1n) is 13.1. The Labute approximate surface area is 208 Å². The first-order chi connectivity index (χ1) is 17.2. The third-order valence-electron chi connectivity index (χ3n) is 7.10. The maximum atomic E-state index is 12.8. The zero-order valence-electron chi connectivity index (χ0n) is 20.3. The van der Waals surface area contributed by atoms with Gasteiger partial charge in [-0.25, -0.2) is 4.98 Å². The van der Waals surface area contributed by atoms with Gasteiger partial charge >= 0.3 is 0 Å². The van der Waals surface area contributed by atoms with Gasteiger partial charge in [0, 0.05) is 29.2 Å². The molecule has 0 bridgehead atoms. The second-order valence-electron chi connectivity index (χ2n) is 9.89. The summed E-state index contributed by atoms with van der Waals surface area (Å²) < 4.78 is 6.07. The second-order valence-corrected chi connectivity index (χ2v) is 9.89. The van der Waals surface area contributed by atoms with Crippen LogP contribution in [0.4, 0.5) is 17.2 Å². The molecule has 3 aromatic rings. The van der Waals surface area contributed by atoms with Crippen molar-refractivity contribution in [2.45, 2.75) is 63.7 Å². The lowest BCUT2D eigenvalue weighted by molar-refractivity contribution is 0.102. The van der Waals surface area contributed by atoms with E-state index in [1.807, 2.05) is 42.5 Å². The van der Waals surface area contributed by atoms with Gasteiger partial charge in [-0.05, 0) is 85.5 Å². The Bertz CT molecular complexity index is 1120. The average molecular weight is 470 g/mol. The zero-order chi connectivity index (χ0) is 23.9. The number of anilines is 3. The fourth-order valence-electron chi connectivity index (χ4n) is 5.03. The lowest BCUT2D eigenvalue weighted by atomic mass is 9.86. The van der Waals surface area contributed by atoms with E-state index in [1.165, 1.54) is 44.1 Å². The van der Waals surface area contributed by atoms with Crippen LogP contribution in [0.15, 0.2) is 66.9 Å². The van der Waals surface area contributed by atoms with Crippen molar-refractivity contribution in [1.29, 1.82) is 0 Å².